The molecule has 7 atom stereocenters. The van der Waals surface area contributed by atoms with Crippen LogP contribution in [-0.2, 0) is 59.2 Å². The number of benzene rings is 1. The van der Waals surface area contributed by atoms with Gasteiger partial charge in [0.15, 0.2) is 12.6 Å². The number of carbonyl (C=O) groups excluding carboxylic acids is 11. The molecule has 1 spiro atoms. The van der Waals surface area contributed by atoms with Gasteiger partial charge < -0.3 is 52.1 Å². The van der Waals surface area contributed by atoms with Crippen LogP contribution in [0.2, 0.25) is 0 Å². The molecule has 3 aliphatic heterocycles. The zero-order chi connectivity index (χ0) is 49.3. The van der Waals surface area contributed by atoms with Gasteiger partial charge >= 0.3 is 11.8 Å². The first-order chi connectivity index (χ1) is 31.9. The lowest BCUT2D eigenvalue weighted by atomic mass is 9.94. The number of carbonyl (C=O) groups is 11. The van der Waals surface area contributed by atoms with E-state index in [4.69, 9.17) is 0 Å². The van der Waals surface area contributed by atoms with Crippen molar-refractivity contribution in [1.29, 1.82) is 0 Å². The summed E-state index contributed by atoms with van der Waals surface area (Å²) in [7, 11) is 2.21. The van der Waals surface area contributed by atoms with Crippen LogP contribution < -0.4 is 37.2 Å². The highest BCUT2D eigenvalue weighted by atomic mass is 33.1. The number of quaternary nitrogens is 1. The maximum absolute atomic E-state index is 14.9. The van der Waals surface area contributed by atoms with Crippen molar-refractivity contribution in [3.05, 3.63) is 35.9 Å². The molecule has 22 nitrogen and oxygen atoms in total. The van der Waals surface area contributed by atoms with Crippen LogP contribution in [0.5, 0.6) is 0 Å². The first-order valence-corrected chi connectivity index (χ1v) is 24.8. The Balaban J connectivity index is 1.73. The minimum atomic E-state index is -1.37. The molecule has 0 radical (unpaired) electrons. The number of hydrogen-bond acceptors (Lipinski definition) is 14. The normalized spacial score (nSPS) is 26.6. The zero-order valence-corrected chi connectivity index (χ0v) is 39.9. The molecule has 4 rings (SSSR count). The Kier molecular flexibility index (Phi) is 21.0. The van der Waals surface area contributed by atoms with Gasteiger partial charge in [-0.05, 0) is 24.8 Å². The second-order valence-electron chi connectivity index (χ2n) is 16.8. The minimum absolute atomic E-state index is 0.00661. The molecule has 0 aromatic heterocycles. The van der Waals surface area contributed by atoms with Gasteiger partial charge in [-0.25, -0.2) is 9.59 Å². The van der Waals surface area contributed by atoms with E-state index in [1.807, 2.05) is 0 Å². The molecular weight excluding hydrogens is 913 g/mol. The van der Waals surface area contributed by atoms with E-state index in [2.05, 4.69) is 37.2 Å². The lowest BCUT2D eigenvalue weighted by Crippen LogP contribution is -2.74. The number of nitrogens with one attached hydrogen (secondary N) is 7. The number of β-amino-alcohol motifs (C(OH)–C–C–N with tert-alkyl or cyclic N) is 1. The van der Waals surface area contributed by atoms with Crippen molar-refractivity contribution >= 4 is 86.6 Å². The molecule has 0 aliphatic carbocycles. The van der Waals surface area contributed by atoms with Gasteiger partial charge in [0.1, 0.15) is 18.1 Å². The summed E-state index contributed by atoms with van der Waals surface area (Å²) in [6.07, 6.45) is -0.808. The molecule has 3 heterocycles. The van der Waals surface area contributed by atoms with Gasteiger partial charge in [-0.3, -0.25) is 43.2 Å². The molecule has 8 N–H and O–H groups in total. The second-order valence-corrected chi connectivity index (χ2v) is 19.4. The Hall–Kier alpha value is -5.59. The Morgan fingerprint density at radius 1 is 0.701 bits per heavy atom. The third-order valence-corrected chi connectivity index (χ3v) is 13.8. The van der Waals surface area contributed by atoms with Crippen LogP contribution >= 0.6 is 21.6 Å². The van der Waals surface area contributed by atoms with Gasteiger partial charge in [0.2, 0.25) is 47.3 Å². The molecule has 1 aromatic carbocycles. The van der Waals surface area contributed by atoms with Crippen molar-refractivity contribution in [3.8, 4) is 0 Å². The Bertz CT molecular complexity index is 2010. The fourth-order valence-corrected chi connectivity index (χ4v) is 10.0. The molecule has 1 aromatic rings. The van der Waals surface area contributed by atoms with Crippen LogP contribution in [0.4, 0.5) is 0 Å². The highest BCUT2D eigenvalue weighted by Crippen LogP contribution is 2.29. The fourth-order valence-electron chi connectivity index (χ4n) is 7.72. The number of piperazine rings is 1. The maximum Gasteiger partial charge on any atom is 0.344 e. The average Bonchev–Trinajstić information content (AvgIpc) is 3.29. The number of aliphatic hydroxyl groups excluding tert-OH is 1. The molecule has 24 heteroatoms. The lowest BCUT2D eigenvalue weighted by Gasteiger charge is -2.41. The quantitative estimate of drug-likeness (QED) is 0.0737. The molecule has 11 amide bonds. The summed E-state index contributed by atoms with van der Waals surface area (Å²) in [5.41, 5.74) is 0.664. The van der Waals surface area contributed by atoms with E-state index in [9.17, 15) is 57.8 Å². The Morgan fingerprint density at radius 2 is 1.33 bits per heavy atom. The Labute approximate surface area is 396 Å². The van der Waals surface area contributed by atoms with Crippen molar-refractivity contribution in [1.82, 2.24) is 47.0 Å². The summed E-state index contributed by atoms with van der Waals surface area (Å²) in [5.74, 6) is -8.57. The van der Waals surface area contributed by atoms with E-state index in [-0.39, 0.29) is 50.4 Å². The van der Waals surface area contributed by atoms with Crippen LogP contribution in [0, 0.1) is 5.92 Å². The number of imide groups is 1. The minimum Gasteiger partial charge on any atom is -0.392 e. The first kappa shape index (κ1) is 54.0. The smallest absolute Gasteiger partial charge is 0.344 e. The van der Waals surface area contributed by atoms with Gasteiger partial charge in [-0.2, -0.15) is 4.48 Å². The van der Waals surface area contributed by atoms with E-state index >= 15 is 0 Å². The molecule has 0 saturated carbocycles. The zero-order valence-electron chi connectivity index (χ0n) is 38.3. The summed E-state index contributed by atoms with van der Waals surface area (Å²) < 4.78 is -1.02. The van der Waals surface area contributed by atoms with E-state index in [1.54, 1.807) is 51.1 Å². The molecule has 368 valence electrons. The largest absolute Gasteiger partial charge is 0.392 e. The molecule has 67 heavy (non-hydrogen) atoms. The summed E-state index contributed by atoms with van der Waals surface area (Å²) in [6.45, 7) is 2.39. The first-order valence-electron chi connectivity index (χ1n) is 22.3. The average molecular weight is 976 g/mol. The van der Waals surface area contributed by atoms with E-state index in [0.717, 1.165) is 26.5 Å². The van der Waals surface area contributed by atoms with Crippen molar-refractivity contribution in [2.75, 3.05) is 70.4 Å². The van der Waals surface area contributed by atoms with Gasteiger partial charge in [0, 0.05) is 43.9 Å². The van der Waals surface area contributed by atoms with E-state index in [0.29, 0.717) is 18.4 Å². The number of nitrogens with zero attached hydrogens (tertiary/aromatic N) is 3. The number of fused-ring (bicyclic) bond motifs is 6. The van der Waals surface area contributed by atoms with Gasteiger partial charge in [0.05, 0.1) is 45.4 Å². The van der Waals surface area contributed by atoms with Crippen LogP contribution in [0.25, 0.3) is 0 Å². The molecular formula is C43H63N10O12S2+. The highest BCUT2D eigenvalue weighted by Gasteiger charge is 2.56. The molecule has 3 fully saturated rings. The van der Waals surface area contributed by atoms with Crippen molar-refractivity contribution < 1.29 is 62.3 Å². The van der Waals surface area contributed by atoms with E-state index < -0.39 is 145 Å². The predicted molar refractivity (Wildman–Crippen MR) is 246 cm³/mol. The third-order valence-electron chi connectivity index (χ3n) is 11.4. The van der Waals surface area contributed by atoms with Crippen molar-refractivity contribution in [2.45, 2.75) is 90.1 Å². The van der Waals surface area contributed by atoms with Crippen LogP contribution in [-0.4, -0.2) is 185 Å². The lowest BCUT2D eigenvalue weighted by molar-refractivity contribution is -0.775. The summed E-state index contributed by atoms with van der Waals surface area (Å²) >= 11 is 0. The second kappa shape index (κ2) is 26.1. The Morgan fingerprint density at radius 3 is 1.97 bits per heavy atom. The molecule has 3 aliphatic rings. The van der Waals surface area contributed by atoms with Crippen LogP contribution in [0.15, 0.2) is 30.3 Å². The van der Waals surface area contributed by atoms with Crippen molar-refractivity contribution in [3.63, 3.8) is 0 Å². The summed E-state index contributed by atoms with van der Waals surface area (Å²) in [5, 5.41) is 28.3. The fraction of sp³-hybridized carbons (Fsp3) is 0.605. The monoisotopic (exact) mass is 975 g/mol. The van der Waals surface area contributed by atoms with Gasteiger partial charge in [0.25, 0.3) is 5.91 Å². The highest BCUT2D eigenvalue weighted by molar-refractivity contribution is 8.76. The number of rotatable bonds is 8. The van der Waals surface area contributed by atoms with E-state index in [1.165, 1.54) is 11.8 Å². The van der Waals surface area contributed by atoms with Crippen molar-refractivity contribution in [2.24, 2.45) is 5.92 Å². The predicted octanol–water partition coefficient (Wildman–Crippen LogP) is -2.92. The third kappa shape index (κ3) is 16.0. The number of aliphatic hydroxyl groups is 1. The van der Waals surface area contributed by atoms with Gasteiger partial charge in [-0.1, -0.05) is 79.1 Å². The maximum atomic E-state index is 14.9. The molecule has 6 unspecified atom stereocenters. The molecule has 3 saturated heterocycles. The number of amides is 11. The summed E-state index contributed by atoms with van der Waals surface area (Å²) in [6, 6.07) is 3.82. The topological polar surface area (TPSA) is 299 Å². The van der Waals surface area contributed by atoms with Crippen LogP contribution in [0.1, 0.15) is 58.9 Å². The van der Waals surface area contributed by atoms with Gasteiger partial charge in [-0.15, -0.1) is 0 Å². The summed E-state index contributed by atoms with van der Waals surface area (Å²) in [4.78, 5) is 153. The van der Waals surface area contributed by atoms with Crippen LogP contribution in [0.3, 0.4) is 0 Å². The number of hydrogen-bond donors (Lipinski definition) is 8. The standard InChI is InChI=1S/C43H62N10O12S2/c1-5-14-51-22-38(61)52(20-27(4)54)21-36(59)50-39(26(3)6-2)43(65)53-15-10-13-32(55)48-30(24-66-67-25-31(42(53)64)49-37(60)23-53)40(62)46-18-34(57)44-17-33(56)45-19-35(58)47-29(41(51)63)16-28-11-8-7-9-12-28/h7-9,11-12,26-27,29-31,39,54H,5-6,10,13-25H2,1-4H3,(H6-,44,45,46,47,48,49,50,55,56,57,58,59,60,62)/p+1/t26?,27?,29-,30?,31?,39?,53?/m0/s1. The SMILES string of the molecule is CCCN1CC(=O)N(CC(C)O)CC(=O)NC(C(C)CC)C(=O)[N+]23CCCC(=O)NC(CSSCC(NC(=O)C2)C3=O)C(=O)NCC(=O)NCC(=O)NCC(=O)N[C@@H](Cc2ccccc2)C1=O. The molecule has 3 bridgehead atoms.